The molecule has 3 aromatic rings. The van der Waals surface area contributed by atoms with Crippen LogP contribution < -0.4 is 14.7 Å². The Balaban J connectivity index is 1.60. The highest BCUT2D eigenvalue weighted by Gasteiger charge is 2.65. The Hall–Kier alpha value is -4.53. The van der Waals surface area contributed by atoms with Gasteiger partial charge in [-0.1, -0.05) is 42.3 Å². The van der Waals surface area contributed by atoms with E-state index in [-0.39, 0.29) is 18.0 Å². The number of benzene rings is 3. The highest BCUT2D eigenvalue weighted by Crippen LogP contribution is 2.51. The number of urea groups is 1. The first-order valence-electron chi connectivity index (χ1n) is 13.5. The van der Waals surface area contributed by atoms with Crippen molar-refractivity contribution in [1.29, 1.82) is 0 Å². The van der Waals surface area contributed by atoms with Crippen molar-refractivity contribution < 1.29 is 19.3 Å². The first kappa shape index (κ1) is 25.7. The van der Waals surface area contributed by atoms with E-state index < -0.39 is 34.2 Å². The molecule has 3 aromatic carbocycles. The van der Waals surface area contributed by atoms with Crippen molar-refractivity contribution in [1.82, 2.24) is 0 Å². The Morgan fingerprint density at radius 3 is 1.93 bits per heavy atom. The third-order valence-corrected chi connectivity index (χ3v) is 8.62. The monoisotopic (exact) mass is 538 g/mol. The predicted molar refractivity (Wildman–Crippen MR) is 151 cm³/mol. The maximum absolute atomic E-state index is 14.7. The molecule has 3 heterocycles. The topological polar surface area (TPSA) is 104 Å². The minimum atomic E-state index is -1.65. The fourth-order valence-electron chi connectivity index (χ4n) is 6.47. The Morgan fingerprint density at radius 2 is 1.40 bits per heavy atom. The number of anilines is 3. The van der Waals surface area contributed by atoms with Gasteiger partial charge in [-0.3, -0.25) is 19.7 Å². The van der Waals surface area contributed by atoms with Crippen LogP contribution in [0.2, 0.25) is 0 Å². The van der Waals surface area contributed by atoms with Crippen molar-refractivity contribution in [2.75, 3.05) is 21.2 Å². The molecule has 0 saturated carbocycles. The van der Waals surface area contributed by atoms with E-state index in [0.717, 1.165) is 33.0 Å². The SMILES string of the molecule is Cc1ccc(N2C(=O)N(c3ccc(C)cc3)C(=O)C3(Cc4cc([N+](=O)[O-])ccc4N4CC[C@H](C)C[C@@H]43)C2=O)cc1. The Morgan fingerprint density at radius 1 is 0.850 bits per heavy atom. The van der Waals surface area contributed by atoms with Crippen molar-refractivity contribution in [3.63, 3.8) is 0 Å². The van der Waals surface area contributed by atoms with Gasteiger partial charge in [0, 0.05) is 30.8 Å². The number of amides is 4. The molecule has 0 bridgehead atoms. The third-order valence-electron chi connectivity index (χ3n) is 8.62. The van der Waals surface area contributed by atoms with Crippen molar-refractivity contribution >= 4 is 40.6 Å². The number of aryl methyl sites for hydroxylation is 2. The number of hydrogen-bond donors (Lipinski definition) is 0. The van der Waals surface area contributed by atoms with Crippen molar-refractivity contribution in [2.24, 2.45) is 11.3 Å². The second-order valence-corrected chi connectivity index (χ2v) is 11.3. The maximum Gasteiger partial charge on any atom is 0.342 e. The number of non-ortho nitro benzene ring substituents is 1. The van der Waals surface area contributed by atoms with Crippen molar-refractivity contribution in [3.8, 4) is 0 Å². The molecule has 3 aliphatic rings. The van der Waals surface area contributed by atoms with E-state index in [0.29, 0.717) is 29.9 Å². The number of nitro benzene ring substituents is 1. The molecule has 204 valence electrons. The van der Waals surface area contributed by atoms with E-state index in [2.05, 4.69) is 11.8 Å². The van der Waals surface area contributed by atoms with E-state index in [9.17, 15) is 24.5 Å². The number of nitrogens with zero attached hydrogens (tertiary/aromatic N) is 4. The summed E-state index contributed by atoms with van der Waals surface area (Å²) < 4.78 is 0. The number of hydrogen-bond acceptors (Lipinski definition) is 6. The fraction of sp³-hybridized carbons (Fsp3) is 0.323. The van der Waals surface area contributed by atoms with Crippen LogP contribution in [0.5, 0.6) is 0 Å². The Kier molecular flexibility index (Phi) is 5.98. The summed E-state index contributed by atoms with van der Waals surface area (Å²) in [4.78, 5) is 59.0. The second-order valence-electron chi connectivity index (χ2n) is 11.3. The molecule has 0 aliphatic carbocycles. The molecule has 2 saturated heterocycles. The molecule has 3 aliphatic heterocycles. The number of carbonyl (C=O) groups excluding carboxylic acids is 3. The number of piperidine rings is 1. The highest BCUT2D eigenvalue weighted by molar-refractivity contribution is 6.39. The van der Waals surface area contributed by atoms with Crippen LogP contribution in [0, 0.1) is 35.3 Å². The molecular weight excluding hydrogens is 508 g/mol. The van der Waals surface area contributed by atoms with Crippen LogP contribution >= 0.6 is 0 Å². The highest BCUT2D eigenvalue weighted by atomic mass is 16.6. The van der Waals surface area contributed by atoms with Crippen LogP contribution in [0.15, 0.2) is 66.7 Å². The second kappa shape index (κ2) is 9.29. The minimum absolute atomic E-state index is 0.0342. The van der Waals surface area contributed by atoms with Gasteiger partial charge in [0.05, 0.1) is 22.3 Å². The van der Waals surface area contributed by atoms with Crippen LogP contribution in [0.1, 0.15) is 36.5 Å². The van der Waals surface area contributed by atoms with Crippen LogP contribution in [0.4, 0.5) is 27.5 Å². The van der Waals surface area contributed by atoms with Gasteiger partial charge in [0.15, 0.2) is 5.41 Å². The molecule has 40 heavy (non-hydrogen) atoms. The lowest BCUT2D eigenvalue weighted by Crippen LogP contribution is -2.74. The zero-order chi connectivity index (χ0) is 28.3. The van der Waals surface area contributed by atoms with Gasteiger partial charge < -0.3 is 4.90 Å². The largest absolute Gasteiger partial charge is 0.367 e. The van der Waals surface area contributed by atoms with Crippen LogP contribution in [0.25, 0.3) is 0 Å². The summed E-state index contributed by atoms with van der Waals surface area (Å²) in [5, 5.41) is 11.7. The van der Waals surface area contributed by atoms with Gasteiger partial charge in [0.2, 0.25) is 0 Å². The number of nitro groups is 1. The van der Waals surface area contributed by atoms with E-state index in [1.165, 1.54) is 12.1 Å². The van der Waals surface area contributed by atoms with Gasteiger partial charge in [-0.05, 0) is 68.5 Å². The quantitative estimate of drug-likeness (QED) is 0.246. The number of rotatable bonds is 3. The smallest absolute Gasteiger partial charge is 0.342 e. The lowest BCUT2D eigenvalue weighted by Gasteiger charge is -2.56. The molecule has 6 rings (SSSR count). The minimum Gasteiger partial charge on any atom is -0.367 e. The van der Waals surface area contributed by atoms with Gasteiger partial charge in [0.25, 0.3) is 17.5 Å². The number of fused-ring (bicyclic) bond motifs is 4. The molecule has 0 aromatic heterocycles. The molecular formula is C31H30N4O5. The lowest BCUT2D eigenvalue weighted by atomic mass is 9.64. The van der Waals surface area contributed by atoms with E-state index in [1.54, 1.807) is 30.3 Å². The molecule has 9 heteroatoms. The molecule has 2 fully saturated rings. The van der Waals surface area contributed by atoms with Gasteiger partial charge in [-0.25, -0.2) is 14.6 Å². The summed E-state index contributed by atoms with van der Waals surface area (Å²) in [5.41, 5.74) is 2.30. The molecule has 9 nitrogen and oxygen atoms in total. The summed E-state index contributed by atoms with van der Waals surface area (Å²) in [7, 11) is 0. The van der Waals surface area contributed by atoms with E-state index in [4.69, 9.17) is 0 Å². The molecule has 1 spiro atoms. The van der Waals surface area contributed by atoms with Gasteiger partial charge >= 0.3 is 6.03 Å². The normalized spacial score (nSPS) is 21.9. The molecule has 4 amide bonds. The maximum atomic E-state index is 14.7. The zero-order valence-electron chi connectivity index (χ0n) is 22.7. The number of barbiturate groups is 1. The summed E-state index contributed by atoms with van der Waals surface area (Å²) in [6.45, 7) is 6.54. The first-order chi connectivity index (χ1) is 19.1. The van der Waals surface area contributed by atoms with Gasteiger partial charge in [-0.15, -0.1) is 0 Å². The average molecular weight is 539 g/mol. The van der Waals surface area contributed by atoms with E-state index >= 15 is 0 Å². The van der Waals surface area contributed by atoms with Crippen LogP contribution in [-0.2, 0) is 16.0 Å². The summed E-state index contributed by atoms with van der Waals surface area (Å²) in [5.74, 6) is -0.927. The summed E-state index contributed by atoms with van der Waals surface area (Å²) >= 11 is 0. The molecule has 0 unspecified atom stereocenters. The lowest BCUT2D eigenvalue weighted by molar-refractivity contribution is -0.384. The van der Waals surface area contributed by atoms with Crippen LogP contribution in [-0.4, -0.2) is 35.4 Å². The Labute approximate surface area is 232 Å². The Bertz CT molecular complexity index is 1480. The van der Waals surface area contributed by atoms with E-state index in [1.807, 2.05) is 38.1 Å². The van der Waals surface area contributed by atoms with Gasteiger partial charge in [-0.2, -0.15) is 0 Å². The molecule has 0 N–H and O–H groups in total. The predicted octanol–water partition coefficient (Wildman–Crippen LogP) is 5.56. The molecule has 2 atom stereocenters. The standard InChI is InChI=1S/C31H30N4O5/c1-19-4-8-23(9-5-19)33-28(36)31(29(37)34(30(33)38)24-10-6-20(2)7-11-24)18-22-17-25(35(39)40)12-13-26(22)32-15-14-21(3)16-27(31)32/h4-13,17,21,27H,14-16,18H2,1-3H3/t21-,27+/m0/s1. The van der Waals surface area contributed by atoms with Gasteiger partial charge in [0.1, 0.15) is 0 Å². The third kappa shape index (κ3) is 3.79. The summed E-state index contributed by atoms with van der Waals surface area (Å²) in [6, 6.07) is 17.6. The van der Waals surface area contributed by atoms with Crippen molar-refractivity contribution in [3.05, 3.63) is 93.5 Å². The zero-order valence-corrected chi connectivity index (χ0v) is 22.7. The first-order valence-corrected chi connectivity index (χ1v) is 13.5. The number of imide groups is 2. The average Bonchev–Trinajstić information content (AvgIpc) is 2.93. The van der Waals surface area contributed by atoms with Crippen LogP contribution in [0.3, 0.4) is 0 Å². The number of carbonyl (C=O) groups is 3. The van der Waals surface area contributed by atoms with Crippen molar-refractivity contribution in [2.45, 2.75) is 46.1 Å². The fourth-order valence-corrected chi connectivity index (χ4v) is 6.47. The summed E-state index contributed by atoms with van der Waals surface area (Å²) in [6.07, 6.45) is 1.40. The molecule has 0 radical (unpaired) electrons.